The van der Waals surface area contributed by atoms with Crippen LogP contribution in [0, 0.1) is 0 Å². The van der Waals surface area contributed by atoms with E-state index in [0.29, 0.717) is 6.54 Å². The SMILES string of the molecule is CCC(C)Oc1cccc(NCc2cn3ccsc3n2)c1. The van der Waals surface area contributed by atoms with Crippen LogP contribution in [0.25, 0.3) is 4.96 Å². The maximum Gasteiger partial charge on any atom is 0.193 e. The van der Waals surface area contributed by atoms with E-state index in [-0.39, 0.29) is 6.10 Å². The molecule has 0 fully saturated rings. The Kier molecular flexibility index (Phi) is 4.10. The van der Waals surface area contributed by atoms with Crippen molar-refractivity contribution in [2.24, 2.45) is 0 Å². The lowest BCUT2D eigenvalue weighted by atomic mass is 10.2. The van der Waals surface area contributed by atoms with Crippen LogP contribution in [0.2, 0.25) is 0 Å². The molecule has 0 saturated heterocycles. The molecule has 3 rings (SSSR count). The minimum Gasteiger partial charge on any atom is -0.491 e. The summed E-state index contributed by atoms with van der Waals surface area (Å²) < 4.78 is 7.88. The first kappa shape index (κ1) is 13.9. The highest BCUT2D eigenvalue weighted by molar-refractivity contribution is 7.15. The van der Waals surface area contributed by atoms with Gasteiger partial charge in [-0.25, -0.2) is 4.98 Å². The molecule has 0 amide bonds. The predicted octanol–water partition coefficient (Wildman–Crippen LogP) is 4.19. The van der Waals surface area contributed by atoms with Crippen molar-refractivity contribution in [1.82, 2.24) is 9.38 Å². The van der Waals surface area contributed by atoms with Gasteiger partial charge in [-0.3, -0.25) is 4.40 Å². The van der Waals surface area contributed by atoms with Crippen LogP contribution in [-0.4, -0.2) is 15.5 Å². The third-order valence-corrected chi connectivity index (χ3v) is 4.13. The van der Waals surface area contributed by atoms with Gasteiger partial charge in [0.05, 0.1) is 18.3 Å². The van der Waals surface area contributed by atoms with E-state index in [9.17, 15) is 0 Å². The second kappa shape index (κ2) is 6.18. The second-order valence-corrected chi connectivity index (χ2v) is 5.92. The lowest BCUT2D eigenvalue weighted by molar-refractivity contribution is 0.217. The van der Waals surface area contributed by atoms with Gasteiger partial charge in [0, 0.05) is 29.5 Å². The van der Waals surface area contributed by atoms with E-state index in [2.05, 4.69) is 30.3 Å². The Morgan fingerprint density at radius 1 is 1.43 bits per heavy atom. The summed E-state index contributed by atoms with van der Waals surface area (Å²) >= 11 is 1.65. The van der Waals surface area contributed by atoms with Crippen LogP contribution < -0.4 is 10.1 Å². The van der Waals surface area contributed by atoms with Crippen LogP contribution in [0.3, 0.4) is 0 Å². The number of imidazole rings is 1. The first-order valence-corrected chi connectivity index (χ1v) is 8.04. The zero-order valence-corrected chi connectivity index (χ0v) is 13.1. The van der Waals surface area contributed by atoms with Crippen molar-refractivity contribution in [3.8, 4) is 5.75 Å². The molecule has 0 saturated carbocycles. The topological polar surface area (TPSA) is 38.6 Å². The van der Waals surface area contributed by atoms with Crippen LogP contribution in [0.1, 0.15) is 26.0 Å². The molecule has 1 N–H and O–H groups in total. The summed E-state index contributed by atoms with van der Waals surface area (Å²) in [6, 6.07) is 8.07. The molecule has 0 radical (unpaired) electrons. The number of thiazole rings is 1. The normalized spacial score (nSPS) is 12.5. The van der Waals surface area contributed by atoms with Gasteiger partial charge in [0.1, 0.15) is 5.75 Å². The van der Waals surface area contributed by atoms with E-state index in [1.165, 1.54) is 0 Å². The van der Waals surface area contributed by atoms with Crippen molar-refractivity contribution in [1.29, 1.82) is 0 Å². The van der Waals surface area contributed by atoms with Gasteiger partial charge in [-0.05, 0) is 25.5 Å². The quantitative estimate of drug-likeness (QED) is 0.742. The molecule has 110 valence electrons. The maximum absolute atomic E-state index is 5.83. The van der Waals surface area contributed by atoms with E-state index in [0.717, 1.165) is 28.5 Å². The van der Waals surface area contributed by atoms with Crippen molar-refractivity contribution in [3.63, 3.8) is 0 Å². The summed E-state index contributed by atoms with van der Waals surface area (Å²) in [5, 5.41) is 5.43. The summed E-state index contributed by atoms with van der Waals surface area (Å²) in [6.07, 6.45) is 5.32. The Morgan fingerprint density at radius 3 is 3.14 bits per heavy atom. The lowest BCUT2D eigenvalue weighted by Gasteiger charge is -2.13. The van der Waals surface area contributed by atoms with Crippen LogP contribution in [0.5, 0.6) is 5.75 Å². The third-order valence-electron chi connectivity index (χ3n) is 3.36. The molecule has 3 aromatic rings. The molecule has 5 heteroatoms. The van der Waals surface area contributed by atoms with Gasteiger partial charge >= 0.3 is 0 Å². The Bertz CT molecular complexity index is 690. The summed E-state index contributed by atoms with van der Waals surface area (Å²) in [6.45, 7) is 4.91. The minimum absolute atomic E-state index is 0.236. The number of hydrogen-bond acceptors (Lipinski definition) is 4. The fraction of sp³-hybridized carbons (Fsp3) is 0.312. The van der Waals surface area contributed by atoms with Crippen LogP contribution in [-0.2, 0) is 6.54 Å². The molecule has 1 aromatic carbocycles. The zero-order valence-electron chi connectivity index (χ0n) is 12.2. The Morgan fingerprint density at radius 2 is 2.33 bits per heavy atom. The first-order chi connectivity index (χ1) is 10.2. The molecule has 0 aliphatic heterocycles. The number of fused-ring (bicyclic) bond motifs is 1. The van der Waals surface area contributed by atoms with E-state index in [1.54, 1.807) is 11.3 Å². The van der Waals surface area contributed by atoms with Gasteiger partial charge < -0.3 is 10.1 Å². The second-order valence-electron chi connectivity index (χ2n) is 5.04. The van der Waals surface area contributed by atoms with Gasteiger partial charge in [0.25, 0.3) is 0 Å². The molecule has 0 bridgehead atoms. The fourth-order valence-corrected chi connectivity index (χ4v) is 2.77. The molecule has 2 aromatic heterocycles. The number of ether oxygens (including phenoxy) is 1. The number of nitrogens with one attached hydrogen (secondary N) is 1. The first-order valence-electron chi connectivity index (χ1n) is 7.16. The van der Waals surface area contributed by atoms with E-state index in [1.807, 2.05) is 40.2 Å². The highest BCUT2D eigenvalue weighted by Crippen LogP contribution is 2.20. The molecule has 0 aliphatic rings. The molecule has 0 aliphatic carbocycles. The van der Waals surface area contributed by atoms with Gasteiger partial charge in [-0.2, -0.15) is 0 Å². The molecule has 1 unspecified atom stereocenters. The van der Waals surface area contributed by atoms with Crippen molar-refractivity contribution < 1.29 is 4.74 Å². The van der Waals surface area contributed by atoms with Gasteiger partial charge in [0.2, 0.25) is 0 Å². The van der Waals surface area contributed by atoms with E-state index < -0.39 is 0 Å². The van der Waals surface area contributed by atoms with Crippen molar-refractivity contribution >= 4 is 22.0 Å². The van der Waals surface area contributed by atoms with Gasteiger partial charge in [-0.15, -0.1) is 11.3 Å². The van der Waals surface area contributed by atoms with E-state index in [4.69, 9.17) is 4.74 Å². The van der Waals surface area contributed by atoms with Crippen LogP contribution in [0.15, 0.2) is 42.0 Å². The molecule has 4 nitrogen and oxygen atoms in total. The molecule has 21 heavy (non-hydrogen) atoms. The number of rotatable bonds is 6. The third kappa shape index (κ3) is 3.36. The molecular formula is C16H19N3OS. The molecular weight excluding hydrogens is 282 g/mol. The van der Waals surface area contributed by atoms with Gasteiger partial charge in [0.15, 0.2) is 4.96 Å². The number of benzene rings is 1. The Balaban J connectivity index is 1.64. The van der Waals surface area contributed by atoms with E-state index >= 15 is 0 Å². The number of anilines is 1. The summed E-state index contributed by atoms with van der Waals surface area (Å²) in [4.78, 5) is 5.59. The average Bonchev–Trinajstić information content (AvgIpc) is 3.06. The predicted molar refractivity (Wildman–Crippen MR) is 87.2 cm³/mol. The Labute approximate surface area is 128 Å². The van der Waals surface area contributed by atoms with Crippen LogP contribution >= 0.6 is 11.3 Å². The number of aromatic nitrogens is 2. The summed E-state index contributed by atoms with van der Waals surface area (Å²) in [5.74, 6) is 0.903. The molecule has 1 atom stereocenters. The molecule has 2 heterocycles. The van der Waals surface area contributed by atoms with Crippen molar-refractivity contribution in [2.75, 3.05) is 5.32 Å². The summed E-state index contributed by atoms with van der Waals surface area (Å²) in [7, 11) is 0. The lowest BCUT2D eigenvalue weighted by Crippen LogP contribution is -2.09. The van der Waals surface area contributed by atoms with Crippen molar-refractivity contribution in [3.05, 3.63) is 47.7 Å². The number of nitrogens with zero attached hydrogens (tertiary/aromatic N) is 2. The fourth-order valence-electron chi connectivity index (χ4n) is 2.05. The highest BCUT2D eigenvalue weighted by Gasteiger charge is 2.04. The maximum atomic E-state index is 5.83. The zero-order chi connectivity index (χ0) is 14.7. The van der Waals surface area contributed by atoms with Gasteiger partial charge in [-0.1, -0.05) is 13.0 Å². The largest absolute Gasteiger partial charge is 0.491 e. The monoisotopic (exact) mass is 301 g/mol. The Hall–Kier alpha value is -2.01. The van der Waals surface area contributed by atoms with Crippen molar-refractivity contribution in [2.45, 2.75) is 32.9 Å². The molecule has 0 spiro atoms. The van der Waals surface area contributed by atoms with Crippen LogP contribution in [0.4, 0.5) is 5.69 Å². The average molecular weight is 301 g/mol. The minimum atomic E-state index is 0.236. The smallest absolute Gasteiger partial charge is 0.193 e. The number of hydrogen-bond donors (Lipinski definition) is 1. The highest BCUT2D eigenvalue weighted by atomic mass is 32.1. The standard InChI is InChI=1S/C16H19N3OS/c1-3-12(2)20-15-6-4-5-13(9-15)17-10-14-11-19-7-8-21-16(19)18-14/h4-9,11-12,17H,3,10H2,1-2H3. The summed E-state index contributed by atoms with van der Waals surface area (Å²) in [5.41, 5.74) is 2.09.